The van der Waals surface area contributed by atoms with E-state index >= 15 is 0 Å². The molecule has 0 N–H and O–H groups in total. The van der Waals surface area contributed by atoms with E-state index in [1.165, 1.54) is 24.3 Å². The SMILES string of the molecule is C=CCOc1ccc(-c2ccc(-c3ccc(C4=CCC(C=CC)CC4)c(F)c3)cc2)c(F)c1F. The molecule has 34 heavy (non-hydrogen) atoms. The van der Waals surface area contributed by atoms with E-state index in [9.17, 15) is 13.2 Å². The van der Waals surface area contributed by atoms with Gasteiger partial charge in [-0.05, 0) is 72.6 Å². The maximum atomic E-state index is 15.0. The Morgan fingerprint density at radius 2 is 1.62 bits per heavy atom. The molecular weight excluding hydrogens is 433 g/mol. The fourth-order valence-corrected chi connectivity index (χ4v) is 4.36. The van der Waals surface area contributed by atoms with E-state index in [0.717, 1.165) is 36.0 Å². The van der Waals surface area contributed by atoms with Crippen molar-refractivity contribution in [2.45, 2.75) is 26.2 Å². The zero-order valence-electron chi connectivity index (χ0n) is 19.2. The summed E-state index contributed by atoms with van der Waals surface area (Å²) in [6.07, 6.45) is 10.7. The van der Waals surface area contributed by atoms with Crippen molar-refractivity contribution in [2.24, 2.45) is 5.92 Å². The van der Waals surface area contributed by atoms with E-state index in [1.807, 2.05) is 19.1 Å². The Hall–Kier alpha value is -3.53. The summed E-state index contributed by atoms with van der Waals surface area (Å²) in [5.74, 6) is -1.87. The van der Waals surface area contributed by atoms with Crippen LogP contribution in [0.3, 0.4) is 0 Å². The summed E-state index contributed by atoms with van der Waals surface area (Å²) < 4.78 is 49.0. The minimum atomic E-state index is -1.03. The van der Waals surface area contributed by atoms with Gasteiger partial charge >= 0.3 is 0 Å². The van der Waals surface area contributed by atoms with Crippen LogP contribution >= 0.6 is 0 Å². The van der Waals surface area contributed by atoms with Crippen LogP contribution in [-0.4, -0.2) is 6.61 Å². The Labute approximate surface area is 198 Å². The highest BCUT2D eigenvalue weighted by molar-refractivity contribution is 5.74. The van der Waals surface area contributed by atoms with Gasteiger partial charge < -0.3 is 4.74 Å². The lowest BCUT2D eigenvalue weighted by Gasteiger charge is -2.20. The third kappa shape index (κ3) is 5.01. The van der Waals surface area contributed by atoms with Crippen molar-refractivity contribution in [2.75, 3.05) is 6.61 Å². The highest BCUT2D eigenvalue weighted by atomic mass is 19.2. The van der Waals surface area contributed by atoms with E-state index in [0.29, 0.717) is 17.0 Å². The summed E-state index contributed by atoms with van der Waals surface area (Å²) in [6, 6.07) is 15.1. The van der Waals surface area contributed by atoms with Crippen LogP contribution in [0.25, 0.3) is 27.8 Å². The fraction of sp³-hybridized carbons (Fsp3) is 0.200. The molecule has 1 atom stereocenters. The van der Waals surface area contributed by atoms with Gasteiger partial charge in [-0.2, -0.15) is 4.39 Å². The second-order valence-corrected chi connectivity index (χ2v) is 8.40. The van der Waals surface area contributed by atoms with Crippen LogP contribution < -0.4 is 4.74 Å². The number of hydrogen-bond donors (Lipinski definition) is 0. The molecule has 3 aromatic carbocycles. The third-order valence-electron chi connectivity index (χ3n) is 6.16. The second-order valence-electron chi connectivity index (χ2n) is 8.40. The monoisotopic (exact) mass is 460 g/mol. The lowest BCUT2D eigenvalue weighted by Crippen LogP contribution is -2.03. The number of ether oxygens (including phenoxy) is 1. The average Bonchev–Trinajstić information content (AvgIpc) is 2.86. The van der Waals surface area contributed by atoms with Gasteiger partial charge in [0.1, 0.15) is 12.4 Å². The van der Waals surface area contributed by atoms with Crippen LogP contribution in [0.1, 0.15) is 31.7 Å². The molecule has 0 saturated heterocycles. The maximum absolute atomic E-state index is 15.0. The first-order valence-corrected chi connectivity index (χ1v) is 11.5. The van der Waals surface area contributed by atoms with Crippen LogP contribution in [0.4, 0.5) is 13.2 Å². The predicted molar refractivity (Wildman–Crippen MR) is 133 cm³/mol. The molecule has 1 unspecified atom stereocenters. The van der Waals surface area contributed by atoms with Gasteiger partial charge in [-0.25, -0.2) is 8.78 Å². The van der Waals surface area contributed by atoms with Crippen LogP contribution in [0.5, 0.6) is 5.75 Å². The van der Waals surface area contributed by atoms with Gasteiger partial charge in [-0.1, -0.05) is 67.3 Å². The van der Waals surface area contributed by atoms with Crippen molar-refractivity contribution in [1.29, 1.82) is 0 Å². The standard InChI is InChI=1S/C30H27F3O/c1-3-5-20-6-8-22(9-7-20)25-15-14-24(19-27(25)31)21-10-12-23(13-11-21)26-16-17-28(34-18-4-2)30(33)29(26)32/h3-5,8,10-17,19-20H,2,6-7,9,18H2,1H3. The van der Waals surface area contributed by atoms with Crippen molar-refractivity contribution in [3.05, 3.63) is 108 Å². The van der Waals surface area contributed by atoms with E-state index in [1.54, 1.807) is 24.3 Å². The van der Waals surface area contributed by atoms with Gasteiger partial charge in [-0.3, -0.25) is 0 Å². The molecule has 0 saturated carbocycles. The first-order valence-electron chi connectivity index (χ1n) is 11.5. The molecule has 1 nitrogen and oxygen atoms in total. The van der Waals surface area contributed by atoms with Crippen molar-refractivity contribution >= 4 is 5.57 Å². The Balaban J connectivity index is 1.54. The normalized spacial score (nSPS) is 15.9. The molecule has 1 aliphatic rings. The molecule has 0 fully saturated rings. The molecule has 0 aliphatic heterocycles. The van der Waals surface area contributed by atoms with E-state index < -0.39 is 11.6 Å². The van der Waals surface area contributed by atoms with Crippen LogP contribution in [-0.2, 0) is 0 Å². The minimum absolute atomic E-state index is 0.0910. The van der Waals surface area contributed by atoms with Crippen LogP contribution in [0, 0.1) is 23.4 Å². The molecule has 174 valence electrons. The highest BCUT2D eigenvalue weighted by Crippen LogP contribution is 2.35. The Morgan fingerprint density at radius 3 is 2.26 bits per heavy atom. The first-order chi connectivity index (χ1) is 16.5. The van der Waals surface area contributed by atoms with Crippen molar-refractivity contribution in [3.63, 3.8) is 0 Å². The molecule has 0 spiro atoms. The lowest BCUT2D eigenvalue weighted by atomic mass is 9.86. The molecule has 4 rings (SSSR count). The fourth-order valence-electron chi connectivity index (χ4n) is 4.36. The zero-order valence-corrected chi connectivity index (χ0v) is 19.2. The maximum Gasteiger partial charge on any atom is 0.201 e. The van der Waals surface area contributed by atoms with Crippen molar-refractivity contribution in [1.82, 2.24) is 0 Å². The Bertz CT molecular complexity index is 1240. The van der Waals surface area contributed by atoms with Crippen LogP contribution in [0.2, 0.25) is 0 Å². The summed E-state index contributed by atoms with van der Waals surface area (Å²) >= 11 is 0. The smallest absolute Gasteiger partial charge is 0.201 e. The van der Waals surface area contributed by atoms with Gasteiger partial charge in [0.05, 0.1) is 0 Å². The second kappa shape index (κ2) is 10.6. The summed E-state index contributed by atoms with van der Waals surface area (Å²) in [6.45, 7) is 5.61. The minimum Gasteiger partial charge on any atom is -0.486 e. The molecule has 1 aliphatic carbocycles. The van der Waals surface area contributed by atoms with E-state index in [2.05, 4.69) is 24.8 Å². The van der Waals surface area contributed by atoms with Gasteiger partial charge in [0.15, 0.2) is 11.6 Å². The molecule has 3 aromatic rings. The number of benzene rings is 3. The molecular formula is C30H27F3O. The summed E-state index contributed by atoms with van der Waals surface area (Å²) in [5.41, 5.74) is 3.89. The predicted octanol–water partition coefficient (Wildman–Crippen LogP) is 8.76. The molecule has 4 heteroatoms. The number of halogens is 3. The quantitative estimate of drug-likeness (QED) is 0.320. The molecule has 0 radical (unpaired) electrons. The Morgan fingerprint density at radius 1 is 0.912 bits per heavy atom. The molecule has 0 bridgehead atoms. The van der Waals surface area contributed by atoms with Gasteiger partial charge in [-0.15, -0.1) is 0 Å². The van der Waals surface area contributed by atoms with E-state index in [4.69, 9.17) is 4.74 Å². The van der Waals surface area contributed by atoms with Crippen molar-refractivity contribution in [3.8, 4) is 28.0 Å². The molecule has 0 amide bonds. The summed E-state index contributed by atoms with van der Waals surface area (Å²) in [7, 11) is 0. The van der Waals surface area contributed by atoms with Crippen LogP contribution in [0.15, 0.2) is 85.5 Å². The Kier molecular flexibility index (Phi) is 7.36. The van der Waals surface area contributed by atoms with E-state index in [-0.39, 0.29) is 23.7 Å². The summed E-state index contributed by atoms with van der Waals surface area (Å²) in [5, 5.41) is 0. The third-order valence-corrected chi connectivity index (χ3v) is 6.16. The highest BCUT2D eigenvalue weighted by Gasteiger charge is 2.17. The molecule has 0 heterocycles. The van der Waals surface area contributed by atoms with Gasteiger partial charge in [0, 0.05) is 11.1 Å². The first kappa shape index (κ1) is 23.6. The van der Waals surface area contributed by atoms with Gasteiger partial charge in [0.25, 0.3) is 0 Å². The lowest BCUT2D eigenvalue weighted by molar-refractivity contribution is 0.333. The zero-order chi connectivity index (χ0) is 24.1. The summed E-state index contributed by atoms with van der Waals surface area (Å²) in [4.78, 5) is 0. The largest absolute Gasteiger partial charge is 0.486 e. The number of hydrogen-bond acceptors (Lipinski definition) is 1. The van der Waals surface area contributed by atoms with Gasteiger partial charge in [0.2, 0.25) is 5.82 Å². The molecule has 0 aromatic heterocycles. The number of rotatable bonds is 7. The van der Waals surface area contributed by atoms with Crippen molar-refractivity contribution < 1.29 is 17.9 Å². The number of allylic oxidation sites excluding steroid dienone is 4. The average molecular weight is 461 g/mol. The topological polar surface area (TPSA) is 9.23 Å².